The Morgan fingerprint density at radius 1 is 1.64 bits per heavy atom. The molecule has 0 aliphatic rings. The van der Waals surface area contributed by atoms with Crippen LogP contribution in [0.1, 0.15) is 13.3 Å². The minimum absolute atomic E-state index is 0.312. The Hall–Kier alpha value is -1.80. The molecule has 4 heteroatoms. The highest BCUT2D eigenvalue weighted by molar-refractivity contribution is 5.80. The van der Waals surface area contributed by atoms with Crippen LogP contribution in [0.25, 0.3) is 0 Å². The van der Waals surface area contributed by atoms with E-state index in [9.17, 15) is 9.59 Å². The van der Waals surface area contributed by atoms with Crippen molar-refractivity contribution in [1.82, 2.24) is 0 Å². The highest BCUT2D eigenvalue weighted by Crippen LogP contribution is 2.07. The Kier molecular flexibility index (Phi) is 5.83. The summed E-state index contributed by atoms with van der Waals surface area (Å²) in [6.07, 6.45) is 3.60. The SMILES string of the molecule is C=COC(=O)C(C=C=CC)CC(=O)O. The molecule has 0 aromatic carbocycles. The van der Waals surface area contributed by atoms with Gasteiger partial charge in [0, 0.05) is 0 Å². The van der Waals surface area contributed by atoms with Crippen LogP contribution < -0.4 is 0 Å². The fourth-order valence-corrected chi connectivity index (χ4v) is 0.780. The molecule has 4 nitrogen and oxygen atoms in total. The minimum Gasteiger partial charge on any atom is -0.481 e. The number of hydrogen-bond acceptors (Lipinski definition) is 3. The lowest BCUT2D eigenvalue weighted by molar-refractivity contribution is -0.147. The number of carbonyl (C=O) groups excluding carboxylic acids is 1. The average Bonchev–Trinajstić information content (AvgIpc) is 2.12. The molecule has 0 bridgehead atoms. The fraction of sp³-hybridized carbons (Fsp3) is 0.300. The smallest absolute Gasteiger partial charge is 0.318 e. The molecule has 1 unspecified atom stereocenters. The Bertz CT molecular complexity index is 284. The number of carboxylic acids is 1. The van der Waals surface area contributed by atoms with E-state index in [1.54, 1.807) is 13.0 Å². The Balaban J connectivity index is 4.53. The molecule has 1 atom stereocenters. The summed E-state index contributed by atoms with van der Waals surface area (Å²) >= 11 is 0. The molecule has 1 N–H and O–H groups in total. The van der Waals surface area contributed by atoms with Gasteiger partial charge in [0.2, 0.25) is 0 Å². The van der Waals surface area contributed by atoms with Crippen molar-refractivity contribution in [2.45, 2.75) is 13.3 Å². The molecule has 0 aromatic rings. The molecule has 76 valence electrons. The second-order valence-electron chi connectivity index (χ2n) is 2.43. The summed E-state index contributed by atoms with van der Waals surface area (Å²) < 4.78 is 4.48. The summed E-state index contributed by atoms with van der Waals surface area (Å²) in [5.74, 6) is -2.52. The van der Waals surface area contributed by atoms with E-state index in [1.165, 1.54) is 6.08 Å². The van der Waals surface area contributed by atoms with Gasteiger partial charge in [-0.25, -0.2) is 0 Å². The lowest BCUT2D eigenvalue weighted by Gasteiger charge is -2.05. The van der Waals surface area contributed by atoms with E-state index in [0.717, 1.165) is 6.26 Å². The molecular weight excluding hydrogens is 184 g/mol. The van der Waals surface area contributed by atoms with Gasteiger partial charge in [0.1, 0.15) is 0 Å². The zero-order valence-corrected chi connectivity index (χ0v) is 7.90. The van der Waals surface area contributed by atoms with Crippen LogP contribution in [-0.4, -0.2) is 17.0 Å². The van der Waals surface area contributed by atoms with E-state index in [2.05, 4.69) is 17.0 Å². The summed E-state index contributed by atoms with van der Waals surface area (Å²) in [6, 6.07) is 0. The first-order chi connectivity index (χ1) is 6.61. The van der Waals surface area contributed by atoms with Crippen molar-refractivity contribution >= 4 is 11.9 Å². The van der Waals surface area contributed by atoms with E-state index in [0.29, 0.717) is 0 Å². The van der Waals surface area contributed by atoms with Crippen molar-refractivity contribution in [3.63, 3.8) is 0 Å². The third-order valence-electron chi connectivity index (χ3n) is 1.36. The first kappa shape index (κ1) is 12.2. The number of esters is 1. The van der Waals surface area contributed by atoms with Crippen LogP contribution in [0.4, 0.5) is 0 Å². The zero-order chi connectivity index (χ0) is 11.0. The standard InChI is InChI=1S/C10H12O4/c1-3-5-6-8(7-9(11)12)10(13)14-4-2/h3-4,6,8H,2,7H2,1H3,(H,11,12). The molecule has 0 saturated heterocycles. The van der Waals surface area contributed by atoms with Crippen LogP contribution in [0.15, 0.2) is 30.7 Å². The molecule has 0 spiro atoms. The van der Waals surface area contributed by atoms with E-state index in [-0.39, 0.29) is 6.42 Å². The first-order valence-corrected chi connectivity index (χ1v) is 4.02. The molecular formula is C10H12O4. The Labute approximate surface area is 82.2 Å². The molecule has 0 fully saturated rings. The van der Waals surface area contributed by atoms with Gasteiger partial charge in [-0.2, -0.15) is 0 Å². The Morgan fingerprint density at radius 3 is 2.71 bits per heavy atom. The van der Waals surface area contributed by atoms with E-state index in [1.807, 2.05) is 0 Å². The number of carboxylic acid groups (broad SMARTS) is 1. The number of hydrogen-bond donors (Lipinski definition) is 1. The number of rotatable bonds is 5. The van der Waals surface area contributed by atoms with Gasteiger partial charge >= 0.3 is 11.9 Å². The lowest BCUT2D eigenvalue weighted by atomic mass is 10.1. The first-order valence-electron chi connectivity index (χ1n) is 4.02. The lowest BCUT2D eigenvalue weighted by Crippen LogP contribution is -2.17. The fourth-order valence-electron chi connectivity index (χ4n) is 0.780. The summed E-state index contributed by atoms with van der Waals surface area (Å²) in [7, 11) is 0. The van der Waals surface area contributed by atoms with Crippen LogP contribution in [0.5, 0.6) is 0 Å². The van der Waals surface area contributed by atoms with Gasteiger partial charge in [-0.05, 0) is 19.1 Å². The minimum atomic E-state index is -1.06. The van der Waals surface area contributed by atoms with Crippen molar-refractivity contribution in [2.24, 2.45) is 5.92 Å². The largest absolute Gasteiger partial charge is 0.481 e. The second-order valence-corrected chi connectivity index (χ2v) is 2.43. The summed E-state index contributed by atoms with van der Waals surface area (Å²) in [5, 5.41) is 8.51. The van der Waals surface area contributed by atoms with Gasteiger partial charge in [-0.3, -0.25) is 9.59 Å². The predicted octanol–water partition coefficient (Wildman–Crippen LogP) is 1.50. The van der Waals surface area contributed by atoms with Crippen molar-refractivity contribution < 1.29 is 19.4 Å². The average molecular weight is 196 g/mol. The zero-order valence-electron chi connectivity index (χ0n) is 7.90. The van der Waals surface area contributed by atoms with Gasteiger partial charge in [0.05, 0.1) is 18.6 Å². The summed E-state index contributed by atoms with van der Waals surface area (Å²) in [5.41, 5.74) is 2.64. The Morgan fingerprint density at radius 2 is 2.29 bits per heavy atom. The van der Waals surface area contributed by atoms with Crippen LogP contribution in [0, 0.1) is 5.92 Å². The quantitative estimate of drug-likeness (QED) is 0.411. The van der Waals surface area contributed by atoms with Gasteiger partial charge in [0.15, 0.2) is 0 Å². The molecule has 0 saturated carbocycles. The molecule has 0 radical (unpaired) electrons. The molecule has 14 heavy (non-hydrogen) atoms. The monoisotopic (exact) mass is 196 g/mol. The third kappa shape index (κ3) is 4.95. The highest BCUT2D eigenvalue weighted by atomic mass is 16.5. The summed E-state index contributed by atoms with van der Waals surface area (Å²) in [6.45, 7) is 4.93. The van der Waals surface area contributed by atoms with Crippen LogP contribution in [-0.2, 0) is 14.3 Å². The maximum Gasteiger partial charge on any atom is 0.318 e. The van der Waals surface area contributed by atoms with Gasteiger partial charge in [0.25, 0.3) is 0 Å². The predicted molar refractivity (Wildman–Crippen MR) is 50.4 cm³/mol. The molecule has 0 amide bonds. The van der Waals surface area contributed by atoms with Gasteiger partial charge in [-0.15, -0.1) is 5.73 Å². The van der Waals surface area contributed by atoms with Crippen molar-refractivity contribution in [3.8, 4) is 0 Å². The van der Waals surface area contributed by atoms with Crippen LogP contribution >= 0.6 is 0 Å². The number of carbonyl (C=O) groups is 2. The maximum absolute atomic E-state index is 11.1. The number of aliphatic carboxylic acids is 1. The van der Waals surface area contributed by atoms with Crippen LogP contribution in [0.2, 0.25) is 0 Å². The van der Waals surface area contributed by atoms with E-state index < -0.39 is 17.9 Å². The third-order valence-corrected chi connectivity index (χ3v) is 1.36. The molecule has 0 aliphatic carbocycles. The van der Waals surface area contributed by atoms with Crippen molar-refractivity contribution in [1.29, 1.82) is 0 Å². The second kappa shape index (κ2) is 6.69. The van der Waals surface area contributed by atoms with Crippen LogP contribution in [0.3, 0.4) is 0 Å². The van der Waals surface area contributed by atoms with Crippen molar-refractivity contribution in [3.05, 3.63) is 30.7 Å². The number of ether oxygens (including phenoxy) is 1. The van der Waals surface area contributed by atoms with E-state index in [4.69, 9.17) is 5.11 Å². The molecule has 0 rings (SSSR count). The van der Waals surface area contributed by atoms with Crippen molar-refractivity contribution in [2.75, 3.05) is 0 Å². The topological polar surface area (TPSA) is 63.6 Å². The maximum atomic E-state index is 11.1. The van der Waals surface area contributed by atoms with Gasteiger partial charge < -0.3 is 9.84 Å². The highest BCUT2D eigenvalue weighted by Gasteiger charge is 2.19. The molecule has 0 aliphatic heterocycles. The molecule has 0 heterocycles. The summed E-state index contributed by atoms with van der Waals surface area (Å²) in [4.78, 5) is 21.5. The molecule has 0 aromatic heterocycles. The van der Waals surface area contributed by atoms with Gasteiger partial charge in [-0.1, -0.05) is 6.58 Å². The van der Waals surface area contributed by atoms with E-state index >= 15 is 0 Å². The normalized spacial score (nSPS) is 10.6.